The first-order valence-corrected chi connectivity index (χ1v) is 6.82. The van der Waals surface area contributed by atoms with Crippen molar-refractivity contribution in [1.82, 2.24) is 0 Å². The molecule has 3 nitrogen and oxygen atoms in total. The summed E-state index contributed by atoms with van der Waals surface area (Å²) in [6.07, 6.45) is 2.29. The fraction of sp³-hybridized carbons (Fsp3) is 0.455. The molecular formula is C11H17O3P. The third kappa shape index (κ3) is 4.06. The van der Waals surface area contributed by atoms with E-state index in [1.807, 2.05) is 25.1 Å². The minimum absolute atomic E-state index is 0.467. The summed E-state index contributed by atoms with van der Waals surface area (Å²) < 4.78 is 22.4. The second-order valence-electron chi connectivity index (χ2n) is 3.27. The molecule has 4 heteroatoms. The maximum atomic E-state index is 12.1. The highest BCUT2D eigenvalue weighted by atomic mass is 31.2. The van der Waals surface area contributed by atoms with Crippen molar-refractivity contribution in [3.63, 3.8) is 0 Å². The van der Waals surface area contributed by atoms with E-state index in [0.717, 1.165) is 12.8 Å². The van der Waals surface area contributed by atoms with Gasteiger partial charge in [-0.2, -0.15) is 0 Å². The molecule has 0 N–H and O–H groups in total. The van der Waals surface area contributed by atoms with Gasteiger partial charge in [0, 0.05) is 7.11 Å². The van der Waals surface area contributed by atoms with Crippen LogP contribution in [0.15, 0.2) is 30.3 Å². The zero-order valence-electron chi connectivity index (χ0n) is 9.18. The van der Waals surface area contributed by atoms with Crippen LogP contribution in [0, 0.1) is 0 Å². The molecule has 0 saturated heterocycles. The van der Waals surface area contributed by atoms with Crippen molar-refractivity contribution in [2.75, 3.05) is 13.3 Å². The van der Waals surface area contributed by atoms with E-state index in [1.165, 1.54) is 7.11 Å². The first-order chi connectivity index (χ1) is 7.20. The number of para-hydroxylation sites is 1. The minimum Gasteiger partial charge on any atom is -0.424 e. The van der Waals surface area contributed by atoms with Gasteiger partial charge in [-0.25, -0.2) is 4.57 Å². The molecule has 0 unspecified atom stereocenters. The molecule has 0 fully saturated rings. The molecule has 1 rings (SSSR count). The van der Waals surface area contributed by atoms with Gasteiger partial charge in [0.25, 0.3) is 0 Å². The summed E-state index contributed by atoms with van der Waals surface area (Å²) in [5.41, 5.74) is 0. The molecule has 0 aliphatic rings. The maximum Gasteiger partial charge on any atom is 0.378 e. The zero-order chi connectivity index (χ0) is 11.1. The van der Waals surface area contributed by atoms with Crippen LogP contribution in [-0.4, -0.2) is 13.3 Å². The largest absolute Gasteiger partial charge is 0.424 e. The van der Waals surface area contributed by atoms with Gasteiger partial charge in [-0.3, -0.25) is 0 Å². The second-order valence-corrected chi connectivity index (χ2v) is 5.49. The summed E-state index contributed by atoms with van der Waals surface area (Å²) in [5, 5.41) is 0. The van der Waals surface area contributed by atoms with Crippen LogP contribution in [0.4, 0.5) is 0 Å². The predicted molar refractivity (Wildman–Crippen MR) is 61.5 cm³/mol. The maximum absolute atomic E-state index is 12.1. The molecule has 0 aliphatic carbocycles. The van der Waals surface area contributed by atoms with E-state index in [9.17, 15) is 4.57 Å². The van der Waals surface area contributed by atoms with Crippen molar-refractivity contribution >= 4 is 7.60 Å². The monoisotopic (exact) mass is 228 g/mol. The molecule has 0 heterocycles. The number of hydrogen-bond acceptors (Lipinski definition) is 3. The van der Waals surface area contributed by atoms with Gasteiger partial charge in [0.2, 0.25) is 0 Å². The van der Waals surface area contributed by atoms with E-state index >= 15 is 0 Å². The SMILES string of the molecule is CCCC[P@](=O)(OC)Oc1ccccc1. The van der Waals surface area contributed by atoms with Crippen LogP contribution in [0.1, 0.15) is 19.8 Å². The topological polar surface area (TPSA) is 35.5 Å². The fourth-order valence-corrected chi connectivity index (χ4v) is 2.66. The number of hydrogen-bond donors (Lipinski definition) is 0. The molecule has 0 saturated carbocycles. The standard InChI is InChI=1S/C11H17O3P/c1-3-4-10-15(12,13-2)14-11-8-6-5-7-9-11/h5-9H,3-4,10H2,1-2H3/t15-/m0/s1. The first-order valence-electron chi connectivity index (χ1n) is 5.09. The Labute approximate surface area is 90.9 Å². The van der Waals surface area contributed by atoms with Crippen LogP contribution in [0.3, 0.4) is 0 Å². The van der Waals surface area contributed by atoms with E-state index < -0.39 is 7.60 Å². The van der Waals surface area contributed by atoms with Gasteiger partial charge < -0.3 is 9.05 Å². The number of rotatable bonds is 6. The van der Waals surface area contributed by atoms with E-state index in [4.69, 9.17) is 9.05 Å². The summed E-state index contributed by atoms with van der Waals surface area (Å²) in [7, 11) is -1.51. The minimum atomic E-state index is -2.94. The molecule has 15 heavy (non-hydrogen) atoms. The molecule has 0 aliphatic heterocycles. The van der Waals surface area contributed by atoms with Crippen molar-refractivity contribution in [3.8, 4) is 5.75 Å². The molecule has 84 valence electrons. The summed E-state index contributed by atoms with van der Waals surface area (Å²) in [5.74, 6) is 0.596. The molecule has 0 aromatic heterocycles. The van der Waals surface area contributed by atoms with Crippen LogP contribution in [0.5, 0.6) is 5.75 Å². The predicted octanol–water partition coefficient (Wildman–Crippen LogP) is 3.71. The van der Waals surface area contributed by atoms with E-state index in [1.54, 1.807) is 12.1 Å². The third-order valence-electron chi connectivity index (χ3n) is 2.05. The molecule has 0 amide bonds. The number of benzene rings is 1. The van der Waals surface area contributed by atoms with E-state index in [2.05, 4.69) is 0 Å². The lowest BCUT2D eigenvalue weighted by Crippen LogP contribution is -2.00. The van der Waals surface area contributed by atoms with Gasteiger partial charge >= 0.3 is 7.60 Å². The quantitative estimate of drug-likeness (QED) is 0.696. The van der Waals surface area contributed by atoms with E-state index in [0.29, 0.717) is 11.9 Å². The summed E-state index contributed by atoms with van der Waals surface area (Å²) in [6.45, 7) is 2.04. The van der Waals surface area contributed by atoms with Gasteiger partial charge in [-0.15, -0.1) is 0 Å². The molecule has 1 aromatic rings. The zero-order valence-corrected chi connectivity index (χ0v) is 10.1. The second kappa shape index (κ2) is 5.94. The summed E-state index contributed by atoms with van der Waals surface area (Å²) in [6, 6.07) is 9.12. The van der Waals surface area contributed by atoms with Crippen LogP contribution in [-0.2, 0) is 9.09 Å². The van der Waals surface area contributed by atoms with Crippen molar-refractivity contribution in [2.24, 2.45) is 0 Å². The first kappa shape index (κ1) is 12.3. The average Bonchev–Trinajstić information content (AvgIpc) is 2.28. The lowest BCUT2D eigenvalue weighted by atomic mass is 10.3. The normalized spacial score (nSPS) is 14.5. The van der Waals surface area contributed by atoms with Gasteiger partial charge in [0.1, 0.15) is 5.75 Å². The fourth-order valence-electron chi connectivity index (χ4n) is 1.17. The Kier molecular flexibility index (Phi) is 4.86. The molecule has 1 atom stereocenters. The van der Waals surface area contributed by atoms with Crippen molar-refractivity contribution in [1.29, 1.82) is 0 Å². The molecular weight excluding hydrogens is 211 g/mol. The molecule has 0 bridgehead atoms. The third-order valence-corrected chi connectivity index (χ3v) is 3.96. The summed E-state index contributed by atoms with van der Waals surface area (Å²) >= 11 is 0. The van der Waals surface area contributed by atoms with Crippen LogP contribution >= 0.6 is 7.60 Å². The van der Waals surface area contributed by atoms with E-state index in [-0.39, 0.29) is 0 Å². The molecule has 0 radical (unpaired) electrons. The highest BCUT2D eigenvalue weighted by molar-refractivity contribution is 7.54. The Morgan fingerprint density at radius 2 is 1.93 bits per heavy atom. The Morgan fingerprint density at radius 3 is 2.47 bits per heavy atom. The average molecular weight is 228 g/mol. The van der Waals surface area contributed by atoms with Gasteiger partial charge in [0.15, 0.2) is 0 Å². The van der Waals surface area contributed by atoms with Crippen molar-refractivity contribution in [3.05, 3.63) is 30.3 Å². The lowest BCUT2D eigenvalue weighted by molar-refractivity contribution is 0.321. The van der Waals surface area contributed by atoms with Crippen LogP contribution in [0.2, 0.25) is 0 Å². The number of unbranched alkanes of at least 4 members (excludes halogenated alkanes) is 1. The molecule has 1 aromatic carbocycles. The van der Waals surface area contributed by atoms with Crippen LogP contribution < -0.4 is 4.52 Å². The Bertz CT molecular complexity index is 324. The van der Waals surface area contributed by atoms with Crippen molar-refractivity contribution < 1.29 is 13.6 Å². The highest BCUT2D eigenvalue weighted by Crippen LogP contribution is 2.48. The highest BCUT2D eigenvalue weighted by Gasteiger charge is 2.23. The van der Waals surface area contributed by atoms with Crippen molar-refractivity contribution in [2.45, 2.75) is 19.8 Å². The molecule has 0 spiro atoms. The summed E-state index contributed by atoms with van der Waals surface area (Å²) in [4.78, 5) is 0. The Balaban J connectivity index is 2.64. The van der Waals surface area contributed by atoms with Crippen LogP contribution in [0.25, 0.3) is 0 Å². The lowest BCUT2D eigenvalue weighted by Gasteiger charge is -2.16. The van der Waals surface area contributed by atoms with Gasteiger partial charge in [0.05, 0.1) is 6.16 Å². The van der Waals surface area contributed by atoms with Gasteiger partial charge in [-0.05, 0) is 18.6 Å². The Hall–Kier alpha value is -0.790. The Morgan fingerprint density at radius 1 is 1.27 bits per heavy atom. The smallest absolute Gasteiger partial charge is 0.378 e. The van der Waals surface area contributed by atoms with Gasteiger partial charge in [-0.1, -0.05) is 31.5 Å².